The van der Waals surface area contributed by atoms with Crippen molar-refractivity contribution in [1.29, 1.82) is 5.26 Å². The maximum absolute atomic E-state index is 12.4. The summed E-state index contributed by atoms with van der Waals surface area (Å²) in [6, 6.07) is 7.51. The van der Waals surface area contributed by atoms with Gasteiger partial charge >= 0.3 is 12.6 Å². The van der Waals surface area contributed by atoms with Gasteiger partial charge < -0.3 is 14.8 Å². The number of ether oxygens (including phenoxy) is 2. The number of para-hydroxylation sites is 1. The van der Waals surface area contributed by atoms with Crippen molar-refractivity contribution in [1.82, 2.24) is 0 Å². The Morgan fingerprint density at radius 1 is 1.38 bits per heavy atom. The number of nitrogens with one attached hydrogen (secondary N) is 1. The molecule has 3 rings (SSSR count). The molecule has 1 amide bonds. The molecule has 0 aliphatic heterocycles. The summed E-state index contributed by atoms with van der Waals surface area (Å²) in [6.07, 6.45) is 2.64. The number of nitriles is 1. The SMILES string of the molecule is CC1CCc2c(sc(NC(=O)COC(=O)c3ccccc3OC(F)F)c2C#N)C1. The molecule has 1 aliphatic carbocycles. The number of rotatable bonds is 6. The van der Waals surface area contributed by atoms with Gasteiger partial charge in [0.05, 0.1) is 5.56 Å². The third-order valence-electron chi connectivity index (χ3n) is 4.53. The zero-order chi connectivity index (χ0) is 21.0. The summed E-state index contributed by atoms with van der Waals surface area (Å²) in [4.78, 5) is 25.4. The van der Waals surface area contributed by atoms with E-state index >= 15 is 0 Å². The van der Waals surface area contributed by atoms with Gasteiger partial charge in [0.15, 0.2) is 6.61 Å². The number of carbonyl (C=O) groups is 2. The van der Waals surface area contributed by atoms with Crippen molar-refractivity contribution >= 4 is 28.2 Å². The lowest BCUT2D eigenvalue weighted by Gasteiger charge is -2.17. The molecule has 0 saturated carbocycles. The van der Waals surface area contributed by atoms with Crippen molar-refractivity contribution < 1.29 is 27.8 Å². The minimum absolute atomic E-state index is 0.209. The van der Waals surface area contributed by atoms with E-state index in [4.69, 9.17) is 4.74 Å². The Balaban J connectivity index is 1.64. The molecule has 1 atom stereocenters. The van der Waals surface area contributed by atoms with E-state index in [0.717, 1.165) is 29.7 Å². The van der Waals surface area contributed by atoms with E-state index in [1.54, 1.807) is 0 Å². The van der Waals surface area contributed by atoms with E-state index in [0.29, 0.717) is 16.5 Å². The Morgan fingerprint density at radius 3 is 2.86 bits per heavy atom. The highest BCUT2D eigenvalue weighted by atomic mass is 32.1. The van der Waals surface area contributed by atoms with Crippen molar-refractivity contribution in [3.63, 3.8) is 0 Å². The molecule has 6 nitrogen and oxygen atoms in total. The quantitative estimate of drug-likeness (QED) is 0.710. The predicted molar refractivity (Wildman–Crippen MR) is 102 cm³/mol. The van der Waals surface area contributed by atoms with Gasteiger partial charge in [0.1, 0.15) is 22.4 Å². The maximum atomic E-state index is 12.4. The van der Waals surface area contributed by atoms with Gasteiger partial charge in [-0.2, -0.15) is 14.0 Å². The first-order valence-corrected chi connectivity index (χ1v) is 9.76. The molecule has 0 bridgehead atoms. The molecule has 9 heteroatoms. The van der Waals surface area contributed by atoms with Crippen molar-refractivity contribution in [2.24, 2.45) is 5.92 Å². The molecule has 1 N–H and O–H groups in total. The topological polar surface area (TPSA) is 88.4 Å². The van der Waals surface area contributed by atoms with Gasteiger partial charge in [0.25, 0.3) is 5.91 Å². The lowest BCUT2D eigenvalue weighted by molar-refractivity contribution is -0.119. The Bertz CT molecular complexity index is 968. The highest BCUT2D eigenvalue weighted by molar-refractivity contribution is 7.16. The number of carbonyl (C=O) groups excluding carboxylic acids is 2. The Morgan fingerprint density at radius 2 is 2.14 bits per heavy atom. The molecule has 1 aliphatic rings. The molecule has 1 unspecified atom stereocenters. The lowest BCUT2D eigenvalue weighted by atomic mass is 9.89. The normalized spacial score (nSPS) is 15.3. The zero-order valence-corrected chi connectivity index (χ0v) is 16.4. The average Bonchev–Trinajstić information content (AvgIpc) is 3.01. The molecule has 29 heavy (non-hydrogen) atoms. The Kier molecular flexibility index (Phi) is 6.44. The predicted octanol–water partition coefficient (Wildman–Crippen LogP) is 4.14. The van der Waals surface area contributed by atoms with Crippen LogP contribution in [0, 0.1) is 17.2 Å². The standard InChI is InChI=1S/C20H18F2N2O4S/c1-11-6-7-12-14(9-23)18(29-16(12)8-11)24-17(25)10-27-19(26)13-4-2-3-5-15(13)28-20(21)22/h2-5,11,20H,6-8,10H2,1H3,(H,24,25). The summed E-state index contributed by atoms with van der Waals surface area (Å²) >= 11 is 1.36. The van der Waals surface area contributed by atoms with E-state index in [2.05, 4.69) is 23.0 Å². The molecule has 1 aromatic heterocycles. The number of halogens is 2. The van der Waals surface area contributed by atoms with Gasteiger partial charge in [-0.05, 0) is 42.9 Å². The smallest absolute Gasteiger partial charge is 0.387 e. The molecule has 152 valence electrons. The fourth-order valence-electron chi connectivity index (χ4n) is 3.16. The minimum Gasteiger partial charge on any atom is -0.452 e. The van der Waals surface area contributed by atoms with E-state index in [1.165, 1.54) is 35.6 Å². The number of hydrogen-bond donors (Lipinski definition) is 1. The maximum Gasteiger partial charge on any atom is 0.387 e. The molecule has 1 heterocycles. The minimum atomic E-state index is -3.09. The summed E-state index contributed by atoms with van der Waals surface area (Å²) in [5.74, 6) is -1.39. The van der Waals surface area contributed by atoms with E-state index in [1.807, 2.05) is 0 Å². The monoisotopic (exact) mass is 420 g/mol. The van der Waals surface area contributed by atoms with E-state index in [-0.39, 0.29) is 11.3 Å². The molecular weight excluding hydrogens is 402 g/mol. The lowest BCUT2D eigenvalue weighted by Crippen LogP contribution is -2.21. The number of hydrogen-bond acceptors (Lipinski definition) is 6. The van der Waals surface area contributed by atoms with Crippen LogP contribution < -0.4 is 10.1 Å². The van der Waals surface area contributed by atoms with Gasteiger partial charge in [-0.25, -0.2) is 4.79 Å². The number of fused-ring (bicyclic) bond motifs is 1. The summed E-state index contributed by atoms with van der Waals surface area (Å²) in [5, 5.41) is 12.5. The summed E-state index contributed by atoms with van der Waals surface area (Å²) in [6.45, 7) is -1.57. The van der Waals surface area contributed by atoms with Crippen LogP contribution in [0.1, 0.15) is 39.7 Å². The second-order valence-corrected chi connectivity index (χ2v) is 7.77. The second kappa shape index (κ2) is 9.01. The first-order chi connectivity index (χ1) is 13.9. The first-order valence-electron chi connectivity index (χ1n) is 8.94. The molecule has 1 aromatic carbocycles. The average molecular weight is 420 g/mol. The molecule has 0 radical (unpaired) electrons. The van der Waals surface area contributed by atoms with Crippen molar-refractivity contribution in [2.45, 2.75) is 32.8 Å². The third kappa shape index (κ3) is 4.90. The number of thiophene rings is 1. The largest absolute Gasteiger partial charge is 0.452 e. The fraction of sp³-hybridized carbons (Fsp3) is 0.350. The van der Waals surface area contributed by atoms with Crippen LogP contribution in [0.5, 0.6) is 5.75 Å². The van der Waals surface area contributed by atoms with E-state index < -0.39 is 25.1 Å². The Hall–Kier alpha value is -2.99. The van der Waals surface area contributed by atoms with E-state index in [9.17, 15) is 23.6 Å². The highest BCUT2D eigenvalue weighted by Gasteiger charge is 2.25. The number of amides is 1. The second-order valence-electron chi connectivity index (χ2n) is 6.67. The van der Waals surface area contributed by atoms with Crippen LogP contribution in [0.2, 0.25) is 0 Å². The van der Waals surface area contributed by atoms with Crippen LogP contribution in [-0.4, -0.2) is 25.1 Å². The van der Waals surface area contributed by atoms with Gasteiger partial charge in [-0.1, -0.05) is 19.1 Å². The van der Waals surface area contributed by atoms with Crippen LogP contribution in [0.3, 0.4) is 0 Å². The Labute approximate surface area is 170 Å². The number of esters is 1. The van der Waals surface area contributed by atoms with Crippen molar-refractivity contribution in [3.8, 4) is 11.8 Å². The summed E-state index contributed by atoms with van der Waals surface area (Å²) in [7, 11) is 0. The van der Waals surface area contributed by atoms with Crippen molar-refractivity contribution in [3.05, 3.63) is 45.8 Å². The van der Waals surface area contributed by atoms with Crippen LogP contribution in [0.4, 0.5) is 13.8 Å². The molecule has 2 aromatic rings. The number of nitrogens with zero attached hydrogens (tertiary/aromatic N) is 1. The van der Waals surface area contributed by atoms with Gasteiger partial charge in [0.2, 0.25) is 0 Å². The molecular formula is C20H18F2N2O4S. The van der Waals surface area contributed by atoms with Crippen molar-refractivity contribution in [2.75, 3.05) is 11.9 Å². The highest BCUT2D eigenvalue weighted by Crippen LogP contribution is 2.39. The van der Waals surface area contributed by atoms with Crippen LogP contribution in [-0.2, 0) is 22.4 Å². The van der Waals surface area contributed by atoms with Gasteiger partial charge in [0, 0.05) is 4.88 Å². The van der Waals surface area contributed by atoms with Crippen LogP contribution in [0.25, 0.3) is 0 Å². The summed E-state index contributed by atoms with van der Waals surface area (Å²) < 4.78 is 34.1. The molecule has 0 spiro atoms. The van der Waals surface area contributed by atoms with Crippen LogP contribution in [0.15, 0.2) is 24.3 Å². The zero-order valence-electron chi connectivity index (χ0n) is 15.5. The first kappa shape index (κ1) is 20.7. The number of benzene rings is 1. The summed E-state index contributed by atoms with van der Waals surface area (Å²) in [5.41, 5.74) is 1.21. The third-order valence-corrected chi connectivity index (χ3v) is 5.70. The molecule has 0 fully saturated rings. The molecule has 0 saturated heterocycles. The van der Waals surface area contributed by atoms with Crippen LogP contribution >= 0.6 is 11.3 Å². The number of alkyl halides is 2. The van der Waals surface area contributed by atoms with Gasteiger partial charge in [-0.3, -0.25) is 4.79 Å². The van der Waals surface area contributed by atoms with Gasteiger partial charge in [-0.15, -0.1) is 11.3 Å². The fourth-order valence-corrected chi connectivity index (χ4v) is 4.54. The number of anilines is 1.